The third-order valence-corrected chi connectivity index (χ3v) is 9.09. The highest BCUT2D eigenvalue weighted by molar-refractivity contribution is 9.10. The van der Waals surface area contributed by atoms with Crippen molar-refractivity contribution in [3.63, 3.8) is 0 Å². The summed E-state index contributed by atoms with van der Waals surface area (Å²) in [7, 11) is -4.09. The van der Waals surface area contributed by atoms with Crippen LogP contribution < -0.4 is 9.62 Å². The molecule has 0 saturated carbocycles. The molecular weight excluding hydrogens is 612 g/mol. The van der Waals surface area contributed by atoms with Crippen LogP contribution in [0.2, 0.25) is 5.02 Å². The number of nitrogens with one attached hydrogen (secondary N) is 1. The normalized spacial score (nSPS) is 14.2. The predicted octanol–water partition coefficient (Wildman–Crippen LogP) is 6.06. The number of benzene rings is 3. The van der Waals surface area contributed by atoms with Crippen molar-refractivity contribution in [3.8, 4) is 0 Å². The molecule has 1 fully saturated rings. The second kappa shape index (κ2) is 12.5. The molecule has 0 unspecified atom stereocenters. The average Bonchev–Trinajstić information content (AvgIpc) is 2.94. The number of carbonyl (C=O) groups excluding carboxylic acids is 1. The van der Waals surface area contributed by atoms with Crippen LogP contribution >= 0.6 is 27.5 Å². The molecule has 3 aromatic carbocycles. The third-order valence-electron chi connectivity index (χ3n) is 6.98. The highest BCUT2D eigenvalue weighted by atomic mass is 79.9. The van der Waals surface area contributed by atoms with Crippen molar-refractivity contribution in [1.29, 1.82) is 0 Å². The first kappa shape index (κ1) is 28.3. The van der Waals surface area contributed by atoms with Crippen LogP contribution in [0.4, 0.5) is 5.95 Å². The number of nitrogens with zero attached hydrogens (tertiary/aromatic N) is 3. The quantitative estimate of drug-likeness (QED) is 0.252. The van der Waals surface area contributed by atoms with Crippen LogP contribution in [0, 0.1) is 5.92 Å². The zero-order valence-corrected chi connectivity index (χ0v) is 24.8. The summed E-state index contributed by atoms with van der Waals surface area (Å²) in [6.45, 7) is 1.61. The molecule has 1 aliphatic heterocycles. The summed E-state index contributed by atoms with van der Waals surface area (Å²) >= 11 is 9.49. The molecule has 5 rings (SSSR count). The lowest BCUT2D eigenvalue weighted by Gasteiger charge is -2.32. The second-order valence-corrected chi connectivity index (χ2v) is 12.9. The standard InChI is InChI=1S/C30H28BrClN4O3S/c31-24-9-11-26(12-10-24)40(38,39)35-29(37)27-20-33-30(34-28(27)19-23-7-4-8-25(32)18-23)36-15-13-22(14-16-36)17-21-5-2-1-3-6-21/h1-12,18,20,22H,13-17,19H2,(H,35,37). The molecule has 1 N–H and O–H groups in total. The SMILES string of the molecule is O=C(NS(=O)(=O)c1ccc(Br)cc1)c1cnc(N2CCC(Cc3ccccc3)CC2)nc1Cc1cccc(Cl)c1. The van der Waals surface area contributed by atoms with E-state index in [0.29, 0.717) is 29.0 Å². The molecular formula is C30H28BrClN4O3S. The Bertz CT molecular complexity index is 1590. The van der Waals surface area contributed by atoms with Gasteiger partial charge in [0.2, 0.25) is 5.95 Å². The van der Waals surface area contributed by atoms with Crippen LogP contribution in [-0.4, -0.2) is 37.4 Å². The fourth-order valence-corrected chi connectivity index (χ4v) is 6.30. The summed E-state index contributed by atoms with van der Waals surface area (Å²) in [4.78, 5) is 24.6. The molecule has 40 heavy (non-hydrogen) atoms. The molecule has 1 aliphatic rings. The Labute approximate surface area is 247 Å². The molecule has 0 bridgehead atoms. The van der Waals surface area contributed by atoms with Crippen molar-refractivity contribution in [1.82, 2.24) is 14.7 Å². The van der Waals surface area contributed by atoms with Crippen LogP contribution in [-0.2, 0) is 22.9 Å². The zero-order chi connectivity index (χ0) is 28.1. The summed E-state index contributed by atoms with van der Waals surface area (Å²) in [5, 5.41) is 0.566. The van der Waals surface area contributed by atoms with Gasteiger partial charge in [0.15, 0.2) is 0 Å². The fraction of sp³-hybridized carbons (Fsp3) is 0.233. The van der Waals surface area contributed by atoms with Gasteiger partial charge in [0.05, 0.1) is 16.2 Å². The van der Waals surface area contributed by atoms with Gasteiger partial charge in [0.25, 0.3) is 15.9 Å². The Hall–Kier alpha value is -3.27. The van der Waals surface area contributed by atoms with E-state index in [1.807, 2.05) is 18.2 Å². The van der Waals surface area contributed by atoms with Crippen LogP contribution in [0.1, 0.15) is 40.0 Å². The lowest BCUT2D eigenvalue weighted by Crippen LogP contribution is -2.36. The van der Waals surface area contributed by atoms with E-state index in [4.69, 9.17) is 16.6 Å². The number of anilines is 1. The molecule has 1 amide bonds. The van der Waals surface area contributed by atoms with Gasteiger partial charge in [-0.3, -0.25) is 4.79 Å². The first-order valence-electron chi connectivity index (χ1n) is 13.0. The Morgan fingerprint density at radius 2 is 1.68 bits per heavy atom. The Balaban J connectivity index is 1.37. The Morgan fingerprint density at radius 1 is 0.975 bits per heavy atom. The fourth-order valence-electron chi connectivity index (χ4n) is 4.86. The van der Waals surface area contributed by atoms with Crippen molar-refractivity contribution in [2.75, 3.05) is 18.0 Å². The first-order valence-corrected chi connectivity index (χ1v) is 15.6. The molecule has 7 nitrogen and oxygen atoms in total. The largest absolute Gasteiger partial charge is 0.341 e. The molecule has 0 radical (unpaired) electrons. The van der Waals surface area contributed by atoms with Gasteiger partial charge in [-0.15, -0.1) is 0 Å². The zero-order valence-electron chi connectivity index (χ0n) is 21.6. The van der Waals surface area contributed by atoms with Gasteiger partial charge in [0.1, 0.15) is 0 Å². The van der Waals surface area contributed by atoms with E-state index in [-0.39, 0.29) is 10.5 Å². The van der Waals surface area contributed by atoms with Crippen molar-refractivity contribution in [2.24, 2.45) is 5.92 Å². The van der Waals surface area contributed by atoms with Crippen LogP contribution in [0.5, 0.6) is 0 Å². The summed E-state index contributed by atoms with van der Waals surface area (Å²) in [5.41, 5.74) is 2.73. The van der Waals surface area contributed by atoms with Crippen LogP contribution in [0.15, 0.2) is 94.4 Å². The number of rotatable bonds is 8. The van der Waals surface area contributed by atoms with E-state index >= 15 is 0 Å². The Morgan fingerprint density at radius 3 is 2.38 bits per heavy atom. The van der Waals surface area contributed by atoms with Crippen LogP contribution in [0.3, 0.4) is 0 Å². The number of piperidine rings is 1. The Kier molecular flexibility index (Phi) is 8.83. The van der Waals surface area contributed by atoms with E-state index in [9.17, 15) is 13.2 Å². The van der Waals surface area contributed by atoms with Gasteiger partial charge in [-0.25, -0.2) is 23.1 Å². The maximum absolute atomic E-state index is 13.3. The van der Waals surface area contributed by atoms with E-state index in [2.05, 4.69) is 54.8 Å². The van der Waals surface area contributed by atoms with E-state index in [1.165, 1.54) is 23.9 Å². The van der Waals surface area contributed by atoms with Gasteiger partial charge in [-0.1, -0.05) is 70.0 Å². The smallest absolute Gasteiger partial charge is 0.268 e. The number of carbonyl (C=O) groups is 1. The molecule has 1 aromatic heterocycles. The number of amides is 1. The minimum atomic E-state index is -4.09. The molecule has 2 heterocycles. The highest BCUT2D eigenvalue weighted by Gasteiger charge is 2.25. The summed E-state index contributed by atoms with van der Waals surface area (Å²) in [6.07, 6.45) is 4.78. The molecule has 206 valence electrons. The van der Waals surface area contributed by atoms with Gasteiger partial charge >= 0.3 is 0 Å². The number of halogens is 2. The maximum atomic E-state index is 13.3. The molecule has 0 atom stereocenters. The molecule has 4 aromatic rings. The third kappa shape index (κ3) is 7.08. The van der Waals surface area contributed by atoms with Crippen molar-refractivity contribution in [3.05, 3.63) is 117 Å². The molecule has 1 saturated heterocycles. The minimum absolute atomic E-state index is 0.0173. The van der Waals surface area contributed by atoms with Crippen LogP contribution in [0.25, 0.3) is 0 Å². The van der Waals surface area contributed by atoms with Gasteiger partial charge in [-0.2, -0.15) is 0 Å². The second-order valence-electron chi connectivity index (χ2n) is 9.85. The van der Waals surface area contributed by atoms with Crippen molar-refractivity contribution < 1.29 is 13.2 Å². The lowest BCUT2D eigenvalue weighted by atomic mass is 9.90. The average molecular weight is 640 g/mol. The highest BCUT2D eigenvalue weighted by Crippen LogP contribution is 2.26. The number of sulfonamides is 1. The summed E-state index contributed by atoms with van der Waals surface area (Å²) in [6, 6.07) is 23.9. The van der Waals surface area contributed by atoms with E-state index in [0.717, 1.165) is 42.4 Å². The molecule has 0 aliphatic carbocycles. The monoisotopic (exact) mass is 638 g/mol. The predicted molar refractivity (Wildman–Crippen MR) is 160 cm³/mol. The van der Waals surface area contributed by atoms with Gasteiger partial charge < -0.3 is 4.90 Å². The van der Waals surface area contributed by atoms with E-state index < -0.39 is 15.9 Å². The molecule has 10 heteroatoms. The summed E-state index contributed by atoms with van der Waals surface area (Å²) < 4.78 is 28.7. The summed E-state index contributed by atoms with van der Waals surface area (Å²) in [5.74, 6) is 0.328. The number of hydrogen-bond donors (Lipinski definition) is 1. The number of aromatic nitrogens is 2. The maximum Gasteiger partial charge on any atom is 0.268 e. The first-order chi connectivity index (χ1) is 19.3. The van der Waals surface area contributed by atoms with Gasteiger partial charge in [-0.05, 0) is 72.7 Å². The number of hydrogen-bond acceptors (Lipinski definition) is 6. The lowest BCUT2D eigenvalue weighted by molar-refractivity contribution is 0.0980. The van der Waals surface area contributed by atoms with Gasteiger partial charge in [0, 0.05) is 35.2 Å². The van der Waals surface area contributed by atoms with Crippen molar-refractivity contribution >= 4 is 49.4 Å². The molecule has 0 spiro atoms. The topological polar surface area (TPSA) is 92.3 Å². The minimum Gasteiger partial charge on any atom is -0.341 e. The van der Waals surface area contributed by atoms with Crippen molar-refractivity contribution in [2.45, 2.75) is 30.6 Å². The van der Waals surface area contributed by atoms with E-state index in [1.54, 1.807) is 24.3 Å².